The molecule has 0 atom stereocenters. The number of carbonyl (C=O) groups excluding carboxylic acids is 1. The topological polar surface area (TPSA) is 73.6 Å². The van der Waals surface area contributed by atoms with E-state index in [0.29, 0.717) is 41.0 Å². The Morgan fingerprint density at radius 2 is 1.92 bits per heavy atom. The first-order valence-corrected chi connectivity index (χ1v) is 7.89. The molecule has 2 rings (SSSR count). The molecule has 0 unspecified atom stereocenters. The molecule has 0 saturated heterocycles. The highest BCUT2D eigenvalue weighted by Gasteiger charge is 2.13. The Morgan fingerprint density at radius 1 is 1.17 bits per heavy atom. The fourth-order valence-corrected chi connectivity index (χ4v) is 2.15. The van der Waals surface area contributed by atoms with Gasteiger partial charge in [-0.25, -0.2) is 0 Å². The second-order valence-electron chi connectivity index (χ2n) is 6.10. The Morgan fingerprint density at radius 3 is 2.58 bits per heavy atom. The van der Waals surface area contributed by atoms with Gasteiger partial charge in [0, 0.05) is 16.9 Å². The normalized spacial score (nSPS) is 10.5. The molecule has 0 heterocycles. The highest BCUT2D eigenvalue weighted by atomic mass is 16.5. The van der Waals surface area contributed by atoms with Crippen LogP contribution in [0.2, 0.25) is 0 Å². The predicted molar refractivity (Wildman–Crippen MR) is 96.9 cm³/mol. The van der Waals surface area contributed by atoms with Gasteiger partial charge in [0.15, 0.2) is 11.5 Å². The minimum Gasteiger partial charge on any atom is -0.493 e. The lowest BCUT2D eigenvalue weighted by Gasteiger charge is -2.14. The summed E-state index contributed by atoms with van der Waals surface area (Å²) in [7, 11) is 1.56. The van der Waals surface area contributed by atoms with Crippen molar-refractivity contribution in [3.8, 4) is 11.5 Å². The number of anilines is 2. The van der Waals surface area contributed by atoms with Crippen molar-refractivity contribution in [3.05, 3.63) is 47.5 Å². The van der Waals surface area contributed by atoms with Crippen molar-refractivity contribution in [3.63, 3.8) is 0 Å². The molecule has 2 aromatic carbocycles. The lowest BCUT2D eigenvalue weighted by molar-refractivity contribution is 0.102. The van der Waals surface area contributed by atoms with Crippen LogP contribution in [0.15, 0.2) is 36.4 Å². The Kier molecular flexibility index (Phi) is 5.68. The van der Waals surface area contributed by atoms with E-state index < -0.39 is 0 Å². The molecule has 5 heteroatoms. The van der Waals surface area contributed by atoms with Crippen molar-refractivity contribution in [2.45, 2.75) is 20.8 Å². The van der Waals surface area contributed by atoms with Crippen LogP contribution in [-0.4, -0.2) is 19.6 Å². The minimum absolute atomic E-state index is 0.225. The van der Waals surface area contributed by atoms with Gasteiger partial charge in [0.1, 0.15) is 0 Å². The largest absolute Gasteiger partial charge is 0.493 e. The van der Waals surface area contributed by atoms with Crippen molar-refractivity contribution in [2.24, 2.45) is 5.92 Å². The van der Waals surface area contributed by atoms with Gasteiger partial charge in [0.2, 0.25) is 0 Å². The lowest BCUT2D eigenvalue weighted by Crippen LogP contribution is -2.13. The third kappa shape index (κ3) is 4.41. The summed E-state index contributed by atoms with van der Waals surface area (Å²) in [6, 6.07) is 10.6. The van der Waals surface area contributed by atoms with Crippen LogP contribution in [0.25, 0.3) is 0 Å². The highest BCUT2D eigenvalue weighted by Crippen LogP contribution is 2.29. The van der Waals surface area contributed by atoms with Crippen LogP contribution < -0.4 is 20.5 Å². The van der Waals surface area contributed by atoms with Gasteiger partial charge in [-0.05, 0) is 48.7 Å². The first-order valence-electron chi connectivity index (χ1n) is 7.89. The quantitative estimate of drug-likeness (QED) is 0.789. The maximum Gasteiger partial charge on any atom is 0.255 e. The van der Waals surface area contributed by atoms with Gasteiger partial charge < -0.3 is 20.5 Å². The number of amides is 1. The van der Waals surface area contributed by atoms with Gasteiger partial charge in [0.25, 0.3) is 5.91 Å². The molecule has 0 aliphatic carbocycles. The van der Waals surface area contributed by atoms with Gasteiger partial charge in [-0.15, -0.1) is 0 Å². The van der Waals surface area contributed by atoms with Crippen molar-refractivity contribution >= 4 is 17.3 Å². The average Bonchev–Trinajstić information content (AvgIpc) is 2.56. The van der Waals surface area contributed by atoms with Crippen molar-refractivity contribution in [2.75, 3.05) is 24.8 Å². The number of hydrogen-bond donors (Lipinski definition) is 2. The Bertz CT molecular complexity index is 727. The van der Waals surface area contributed by atoms with E-state index in [0.717, 1.165) is 5.56 Å². The molecule has 0 aliphatic rings. The number of rotatable bonds is 6. The van der Waals surface area contributed by atoms with E-state index in [4.69, 9.17) is 15.2 Å². The molecular weight excluding hydrogens is 304 g/mol. The standard InChI is InChI=1S/C19H24N2O3/c1-12(2)11-24-17-8-6-14(9-18(17)23-4)19(22)21-16-10-15(20)7-5-13(16)3/h5-10,12H,11,20H2,1-4H3,(H,21,22). The van der Waals surface area contributed by atoms with Crippen LogP contribution in [0.1, 0.15) is 29.8 Å². The fraction of sp³-hybridized carbons (Fsp3) is 0.316. The Labute approximate surface area is 142 Å². The number of carbonyl (C=O) groups is 1. The molecule has 0 aromatic heterocycles. The molecule has 3 N–H and O–H groups in total. The zero-order valence-electron chi connectivity index (χ0n) is 14.6. The van der Waals surface area contributed by atoms with Crippen LogP contribution in [0.5, 0.6) is 11.5 Å². The summed E-state index contributed by atoms with van der Waals surface area (Å²) in [6.07, 6.45) is 0. The molecule has 0 bridgehead atoms. The first kappa shape index (κ1) is 17.7. The zero-order chi connectivity index (χ0) is 17.7. The first-order chi connectivity index (χ1) is 11.4. The second-order valence-corrected chi connectivity index (χ2v) is 6.10. The van der Waals surface area contributed by atoms with Crippen LogP contribution in [-0.2, 0) is 0 Å². The summed E-state index contributed by atoms with van der Waals surface area (Å²) in [5.74, 6) is 1.34. The summed E-state index contributed by atoms with van der Waals surface area (Å²) in [5, 5.41) is 2.87. The third-order valence-corrected chi connectivity index (χ3v) is 3.51. The van der Waals surface area contributed by atoms with E-state index in [1.807, 2.05) is 13.0 Å². The van der Waals surface area contributed by atoms with E-state index >= 15 is 0 Å². The molecule has 1 amide bonds. The van der Waals surface area contributed by atoms with Crippen LogP contribution in [0.4, 0.5) is 11.4 Å². The van der Waals surface area contributed by atoms with Gasteiger partial charge in [-0.2, -0.15) is 0 Å². The van der Waals surface area contributed by atoms with Gasteiger partial charge in [-0.1, -0.05) is 19.9 Å². The third-order valence-electron chi connectivity index (χ3n) is 3.51. The number of methoxy groups -OCH3 is 1. The molecule has 0 fully saturated rings. The van der Waals surface area contributed by atoms with Crippen LogP contribution in [0, 0.1) is 12.8 Å². The summed E-state index contributed by atoms with van der Waals surface area (Å²) in [5.41, 5.74) is 8.51. The zero-order valence-corrected chi connectivity index (χ0v) is 14.6. The van der Waals surface area contributed by atoms with Crippen molar-refractivity contribution in [1.29, 1.82) is 0 Å². The Balaban J connectivity index is 2.19. The molecule has 0 radical (unpaired) electrons. The van der Waals surface area contributed by atoms with Gasteiger partial charge in [0.05, 0.1) is 13.7 Å². The molecule has 128 valence electrons. The SMILES string of the molecule is COc1cc(C(=O)Nc2cc(N)ccc2C)ccc1OCC(C)C. The van der Waals surface area contributed by atoms with E-state index in [9.17, 15) is 4.79 Å². The summed E-state index contributed by atoms with van der Waals surface area (Å²) < 4.78 is 11.0. The van der Waals surface area contributed by atoms with E-state index in [1.54, 1.807) is 37.4 Å². The molecule has 24 heavy (non-hydrogen) atoms. The molecule has 0 aliphatic heterocycles. The number of ether oxygens (including phenoxy) is 2. The number of nitrogen functional groups attached to an aromatic ring is 1. The molecular formula is C19H24N2O3. The number of nitrogens with two attached hydrogens (primary N) is 1. The number of nitrogens with one attached hydrogen (secondary N) is 1. The summed E-state index contributed by atoms with van der Waals surface area (Å²) >= 11 is 0. The molecule has 0 spiro atoms. The number of benzene rings is 2. The van der Waals surface area contributed by atoms with Crippen LogP contribution >= 0.6 is 0 Å². The van der Waals surface area contributed by atoms with Gasteiger partial charge >= 0.3 is 0 Å². The second kappa shape index (κ2) is 7.73. The smallest absolute Gasteiger partial charge is 0.255 e. The maximum absolute atomic E-state index is 12.5. The maximum atomic E-state index is 12.5. The molecule has 5 nitrogen and oxygen atoms in total. The minimum atomic E-state index is -0.225. The monoisotopic (exact) mass is 328 g/mol. The summed E-state index contributed by atoms with van der Waals surface area (Å²) in [6.45, 7) is 6.65. The molecule has 0 saturated carbocycles. The van der Waals surface area contributed by atoms with E-state index in [1.165, 1.54) is 0 Å². The van der Waals surface area contributed by atoms with Crippen molar-refractivity contribution < 1.29 is 14.3 Å². The van der Waals surface area contributed by atoms with Crippen molar-refractivity contribution in [1.82, 2.24) is 0 Å². The lowest BCUT2D eigenvalue weighted by atomic mass is 10.1. The molecule has 2 aromatic rings. The highest BCUT2D eigenvalue weighted by molar-refractivity contribution is 6.05. The Hall–Kier alpha value is -2.69. The number of hydrogen-bond acceptors (Lipinski definition) is 4. The van der Waals surface area contributed by atoms with E-state index in [2.05, 4.69) is 19.2 Å². The van der Waals surface area contributed by atoms with Gasteiger partial charge in [-0.3, -0.25) is 4.79 Å². The number of aryl methyl sites for hydroxylation is 1. The fourth-order valence-electron chi connectivity index (χ4n) is 2.15. The predicted octanol–water partition coefficient (Wildman–Crippen LogP) is 3.87. The summed E-state index contributed by atoms with van der Waals surface area (Å²) in [4.78, 5) is 12.5. The average molecular weight is 328 g/mol. The van der Waals surface area contributed by atoms with E-state index in [-0.39, 0.29) is 5.91 Å². The van der Waals surface area contributed by atoms with Crippen LogP contribution in [0.3, 0.4) is 0 Å².